The molecule has 0 saturated heterocycles. The number of aryl methyl sites for hydroxylation is 1. The van der Waals surface area contributed by atoms with Gasteiger partial charge in [0.2, 0.25) is 5.91 Å². The van der Waals surface area contributed by atoms with Crippen molar-refractivity contribution in [1.29, 1.82) is 0 Å². The third-order valence-electron chi connectivity index (χ3n) is 2.80. The van der Waals surface area contributed by atoms with Crippen LogP contribution in [0.2, 0.25) is 0 Å². The molecule has 1 heterocycles. The Morgan fingerprint density at radius 2 is 2.11 bits per heavy atom. The molecule has 0 unspecified atom stereocenters. The second-order valence-electron chi connectivity index (χ2n) is 4.55. The van der Waals surface area contributed by atoms with Crippen LogP contribution in [0.5, 0.6) is 0 Å². The molecule has 1 amide bonds. The van der Waals surface area contributed by atoms with E-state index in [4.69, 9.17) is 5.73 Å². The van der Waals surface area contributed by atoms with Crippen LogP contribution in [-0.2, 0) is 17.8 Å². The molecule has 5 nitrogen and oxygen atoms in total. The number of nitrogen functional groups attached to an aromatic ring is 1. The molecule has 19 heavy (non-hydrogen) atoms. The maximum atomic E-state index is 11.7. The molecule has 0 aliphatic rings. The number of benzene rings is 1. The summed E-state index contributed by atoms with van der Waals surface area (Å²) in [5.74, 6) is 0.0176. The highest BCUT2D eigenvalue weighted by atomic mass is 16.1. The summed E-state index contributed by atoms with van der Waals surface area (Å²) in [5, 5.41) is 6.91. The van der Waals surface area contributed by atoms with E-state index in [0.717, 1.165) is 5.56 Å². The number of aromatic nitrogens is 2. The van der Waals surface area contributed by atoms with Gasteiger partial charge in [-0.1, -0.05) is 29.8 Å². The minimum absolute atomic E-state index is 0.0176. The van der Waals surface area contributed by atoms with Gasteiger partial charge in [0.05, 0.1) is 24.8 Å². The van der Waals surface area contributed by atoms with Crippen LogP contribution in [0.25, 0.3) is 0 Å². The number of nitrogens with one attached hydrogen (secondary N) is 1. The van der Waals surface area contributed by atoms with E-state index in [2.05, 4.69) is 10.4 Å². The average molecular weight is 258 g/mol. The first-order chi connectivity index (χ1) is 9.13. The predicted molar refractivity (Wildman–Crippen MR) is 74.5 cm³/mol. The summed E-state index contributed by atoms with van der Waals surface area (Å²) >= 11 is 0. The van der Waals surface area contributed by atoms with E-state index in [0.29, 0.717) is 25.2 Å². The molecule has 0 aliphatic heterocycles. The van der Waals surface area contributed by atoms with Gasteiger partial charge in [0.15, 0.2) is 0 Å². The van der Waals surface area contributed by atoms with Crippen LogP contribution in [-0.4, -0.2) is 22.2 Å². The van der Waals surface area contributed by atoms with Crippen LogP contribution in [0.1, 0.15) is 11.1 Å². The van der Waals surface area contributed by atoms with Gasteiger partial charge >= 0.3 is 0 Å². The number of anilines is 1. The van der Waals surface area contributed by atoms with Crippen molar-refractivity contribution in [3.63, 3.8) is 0 Å². The van der Waals surface area contributed by atoms with Crippen LogP contribution in [0.15, 0.2) is 36.7 Å². The Morgan fingerprint density at radius 3 is 2.74 bits per heavy atom. The Kier molecular flexibility index (Phi) is 4.18. The fraction of sp³-hybridized carbons (Fsp3) is 0.286. The van der Waals surface area contributed by atoms with Crippen LogP contribution in [0, 0.1) is 6.92 Å². The first kappa shape index (κ1) is 13.1. The summed E-state index contributed by atoms with van der Waals surface area (Å²) in [6.45, 7) is 3.20. The summed E-state index contributed by atoms with van der Waals surface area (Å²) in [6.07, 6.45) is 3.74. The van der Waals surface area contributed by atoms with E-state index in [1.807, 2.05) is 31.2 Å². The van der Waals surface area contributed by atoms with Crippen molar-refractivity contribution in [1.82, 2.24) is 15.1 Å². The molecule has 5 heteroatoms. The predicted octanol–water partition coefficient (Wildman–Crippen LogP) is 1.13. The molecule has 100 valence electrons. The zero-order valence-electron chi connectivity index (χ0n) is 11.0. The number of hydrogen-bond donors (Lipinski definition) is 2. The fourth-order valence-electron chi connectivity index (χ4n) is 1.77. The van der Waals surface area contributed by atoms with E-state index in [1.165, 1.54) is 5.56 Å². The van der Waals surface area contributed by atoms with Gasteiger partial charge < -0.3 is 11.1 Å². The molecule has 2 aromatic rings. The lowest BCUT2D eigenvalue weighted by molar-refractivity contribution is -0.120. The van der Waals surface area contributed by atoms with Crippen molar-refractivity contribution in [2.24, 2.45) is 0 Å². The molecular weight excluding hydrogens is 240 g/mol. The topological polar surface area (TPSA) is 72.9 Å². The highest BCUT2D eigenvalue weighted by Gasteiger charge is 2.03. The number of rotatable bonds is 5. The van der Waals surface area contributed by atoms with Gasteiger partial charge in [-0.05, 0) is 12.5 Å². The molecule has 0 spiro atoms. The first-order valence-corrected chi connectivity index (χ1v) is 6.23. The number of nitrogens with zero attached hydrogens (tertiary/aromatic N) is 2. The van der Waals surface area contributed by atoms with E-state index in [-0.39, 0.29) is 5.91 Å². The van der Waals surface area contributed by atoms with Crippen molar-refractivity contribution in [2.45, 2.75) is 19.9 Å². The summed E-state index contributed by atoms with van der Waals surface area (Å²) in [7, 11) is 0. The quantitative estimate of drug-likeness (QED) is 0.844. The Bertz CT molecular complexity index is 545. The largest absolute Gasteiger partial charge is 0.396 e. The van der Waals surface area contributed by atoms with Gasteiger partial charge in [0.25, 0.3) is 0 Å². The summed E-state index contributed by atoms with van der Waals surface area (Å²) in [4.78, 5) is 11.7. The Hall–Kier alpha value is -2.30. The molecule has 0 atom stereocenters. The number of nitrogens with two attached hydrogens (primary N) is 1. The van der Waals surface area contributed by atoms with Crippen LogP contribution in [0.4, 0.5) is 5.69 Å². The lowest BCUT2D eigenvalue weighted by Crippen LogP contribution is -2.28. The van der Waals surface area contributed by atoms with Crippen molar-refractivity contribution in [2.75, 3.05) is 12.3 Å². The second-order valence-corrected chi connectivity index (χ2v) is 4.55. The molecule has 0 bridgehead atoms. The van der Waals surface area contributed by atoms with Crippen molar-refractivity contribution >= 4 is 11.6 Å². The molecule has 1 aromatic heterocycles. The monoisotopic (exact) mass is 258 g/mol. The van der Waals surface area contributed by atoms with Gasteiger partial charge in [0, 0.05) is 12.7 Å². The summed E-state index contributed by atoms with van der Waals surface area (Å²) < 4.78 is 1.71. The number of carbonyl (C=O) groups excluding carboxylic acids is 1. The Labute approximate surface area is 112 Å². The van der Waals surface area contributed by atoms with E-state index < -0.39 is 0 Å². The van der Waals surface area contributed by atoms with E-state index >= 15 is 0 Å². The molecule has 2 rings (SSSR count). The summed E-state index contributed by atoms with van der Waals surface area (Å²) in [6, 6.07) is 7.97. The van der Waals surface area contributed by atoms with Crippen molar-refractivity contribution in [3.8, 4) is 0 Å². The summed E-state index contributed by atoms with van der Waals surface area (Å²) in [5.41, 5.74) is 8.40. The second kappa shape index (κ2) is 6.04. The number of carbonyl (C=O) groups is 1. The Balaban J connectivity index is 1.74. The maximum absolute atomic E-state index is 11.7. The molecular formula is C14H18N4O. The van der Waals surface area contributed by atoms with Crippen molar-refractivity contribution < 1.29 is 4.79 Å². The van der Waals surface area contributed by atoms with Gasteiger partial charge in [-0.3, -0.25) is 9.48 Å². The van der Waals surface area contributed by atoms with Gasteiger partial charge in [-0.15, -0.1) is 0 Å². The van der Waals surface area contributed by atoms with Crippen LogP contribution < -0.4 is 11.1 Å². The number of hydrogen-bond acceptors (Lipinski definition) is 3. The zero-order valence-corrected chi connectivity index (χ0v) is 11.0. The highest BCUT2D eigenvalue weighted by molar-refractivity contribution is 5.78. The third-order valence-corrected chi connectivity index (χ3v) is 2.80. The smallest absolute Gasteiger partial charge is 0.224 e. The zero-order chi connectivity index (χ0) is 13.7. The SMILES string of the molecule is Cc1ccc(CC(=O)NCCn2cc(N)cn2)cc1. The Morgan fingerprint density at radius 1 is 1.37 bits per heavy atom. The third kappa shape index (κ3) is 4.13. The van der Waals surface area contributed by atoms with Crippen LogP contribution in [0.3, 0.4) is 0 Å². The van der Waals surface area contributed by atoms with Crippen molar-refractivity contribution in [3.05, 3.63) is 47.8 Å². The minimum atomic E-state index is 0.0176. The van der Waals surface area contributed by atoms with E-state index in [9.17, 15) is 4.79 Å². The molecule has 0 aliphatic carbocycles. The normalized spacial score (nSPS) is 10.4. The van der Waals surface area contributed by atoms with Gasteiger partial charge in [0.1, 0.15) is 0 Å². The van der Waals surface area contributed by atoms with E-state index in [1.54, 1.807) is 17.1 Å². The standard InChI is InChI=1S/C14H18N4O/c1-11-2-4-12(5-3-11)8-14(19)16-6-7-18-10-13(15)9-17-18/h2-5,9-10H,6-8,15H2,1H3,(H,16,19). The molecule has 1 aromatic carbocycles. The molecule has 0 saturated carbocycles. The lowest BCUT2D eigenvalue weighted by Gasteiger charge is -2.05. The van der Waals surface area contributed by atoms with Gasteiger partial charge in [-0.2, -0.15) is 5.10 Å². The first-order valence-electron chi connectivity index (χ1n) is 6.23. The molecule has 0 radical (unpaired) electrons. The molecule has 0 fully saturated rings. The maximum Gasteiger partial charge on any atom is 0.224 e. The average Bonchev–Trinajstić information content (AvgIpc) is 2.78. The molecule has 3 N–H and O–H groups in total. The minimum Gasteiger partial charge on any atom is -0.396 e. The highest BCUT2D eigenvalue weighted by Crippen LogP contribution is 2.03. The van der Waals surface area contributed by atoms with Gasteiger partial charge in [-0.25, -0.2) is 0 Å². The fourth-order valence-corrected chi connectivity index (χ4v) is 1.77. The van der Waals surface area contributed by atoms with Crippen LogP contribution >= 0.6 is 0 Å². The lowest BCUT2D eigenvalue weighted by atomic mass is 10.1. The number of amides is 1.